The fourth-order valence-electron chi connectivity index (χ4n) is 2.46. The molecule has 0 bridgehead atoms. The number of carbonyl (C=O) groups excluding carboxylic acids is 1. The van der Waals surface area contributed by atoms with Crippen LogP contribution in [0.5, 0.6) is 0 Å². The Morgan fingerprint density at radius 1 is 1.56 bits per heavy atom. The summed E-state index contributed by atoms with van der Waals surface area (Å²) >= 11 is 5.17. The van der Waals surface area contributed by atoms with Gasteiger partial charge in [-0.15, -0.1) is 0 Å². The maximum absolute atomic E-state index is 12.0. The molecule has 0 heterocycles. The lowest BCUT2D eigenvalue weighted by molar-refractivity contribution is -0.131. The highest BCUT2D eigenvalue weighted by Gasteiger charge is 2.39. The van der Waals surface area contributed by atoms with E-state index in [2.05, 4.69) is 12.2 Å². The third kappa shape index (κ3) is 3.42. The van der Waals surface area contributed by atoms with Crippen LogP contribution in [0.3, 0.4) is 0 Å². The van der Waals surface area contributed by atoms with Crippen LogP contribution in [0.15, 0.2) is 0 Å². The van der Waals surface area contributed by atoms with Crippen molar-refractivity contribution in [2.24, 2.45) is 11.7 Å². The lowest BCUT2D eigenvalue weighted by Gasteiger charge is -2.40. The Kier molecular flexibility index (Phi) is 5.53. The normalized spacial score (nSPS) is 29.6. The smallest absolute Gasteiger partial charge is 0.249 e. The summed E-state index contributed by atoms with van der Waals surface area (Å²) in [5, 5.41) is 3.00. The molecule has 1 unspecified atom stereocenters. The number of ether oxygens (including phenoxy) is 1. The second-order valence-corrected chi connectivity index (χ2v) is 5.60. The van der Waals surface area contributed by atoms with E-state index >= 15 is 0 Å². The highest BCUT2D eigenvalue weighted by molar-refractivity contribution is 7.80. The molecule has 4 nitrogen and oxygen atoms in total. The Bertz CT molecular complexity index is 312. The predicted molar refractivity (Wildman–Crippen MR) is 76.4 cm³/mol. The third-order valence-corrected chi connectivity index (χ3v) is 4.48. The van der Waals surface area contributed by atoms with Gasteiger partial charge in [0.15, 0.2) is 0 Å². The van der Waals surface area contributed by atoms with Crippen LogP contribution in [0.4, 0.5) is 0 Å². The summed E-state index contributed by atoms with van der Waals surface area (Å²) in [6.45, 7) is 3.92. The van der Waals surface area contributed by atoms with Crippen LogP contribution in [-0.4, -0.2) is 29.6 Å². The second kappa shape index (κ2) is 6.48. The minimum Gasteiger partial charge on any atom is -0.391 e. The molecular weight excluding hydrogens is 248 g/mol. The molecule has 0 spiro atoms. The molecule has 0 aromatic rings. The van der Waals surface area contributed by atoms with Crippen molar-refractivity contribution in [3.8, 4) is 0 Å². The highest BCUT2D eigenvalue weighted by atomic mass is 32.1. The van der Waals surface area contributed by atoms with Crippen LogP contribution >= 0.6 is 12.2 Å². The molecule has 18 heavy (non-hydrogen) atoms. The van der Waals surface area contributed by atoms with Crippen LogP contribution in [0, 0.1) is 5.92 Å². The molecule has 3 N–H and O–H groups in total. The third-order valence-electron chi connectivity index (χ3n) is 4.09. The Labute approximate surface area is 115 Å². The summed E-state index contributed by atoms with van der Waals surface area (Å²) in [6, 6.07) is 0. The summed E-state index contributed by atoms with van der Waals surface area (Å²) in [5.74, 6) is 0.587. The van der Waals surface area contributed by atoms with E-state index in [1.54, 1.807) is 6.92 Å². The Balaban J connectivity index is 2.71. The summed E-state index contributed by atoms with van der Waals surface area (Å²) in [5.41, 5.74) is 5.35. The molecule has 1 aliphatic carbocycles. The molecule has 1 atom stereocenters. The van der Waals surface area contributed by atoms with Crippen molar-refractivity contribution in [2.45, 2.75) is 57.6 Å². The molecule has 0 aromatic carbocycles. The molecule has 1 saturated carbocycles. The first kappa shape index (κ1) is 15.4. The van der Waals surface area contributed by atoms with Crippen molar-refractivity contribution in [1.82, 2.24) is 5.32 Å². The van der Waals surface area contributed by atoms with Crippen molar-refractivity contribution < 1.29 is 9.53 Å². The zero-order chi connectivity index (χ0) is 13.8. The molecule has 1 fully saturated rings. The summed E-state index contributed by atoms with van der Waals surface area (Å²) in [7, 11) is 1.52. The molecule has 0 saturated heterocycles. The average molecular weight is 272 g/mol. The van der Waals surface area contributed by atoms with Gasteiger partial charge in [-0.1, -0.05) is 25.6 Å². The summed E-state index contributed by atoms with van der Waals surface area (Å²) in [4.78, 5) is 12.3. The van der Waals surface area contributed by atoms with Crippen molar-refractivity contribution in [3.63, 3.8) is 0 Å². The van der Waals surface area contributed by atoms with Gasteiger partial charge in [0.1, 0.15) is 6.10 Å². The predicted octanol–water partition coefficient (Wildman–Crippen LogP) is 1.76. The van der Waals surface area contributed by atoms with Crippen molar-refractivity contribution in [1.29, 1.82) is 0 Å². The topological polar surface area (TPSA) is 64.3 Å². The molecule has 5 heteroatoms. The maximum Gasteiger partial charge on any atom is 0.249 e. The van der Waals surface area contributed by atoms with E-state index in [0.29, 0.717) is 4.99 Å². The van der Waals surface area contributed by atoms with Gasteiger partial charge in [0.25, 0.3) is 0 Å². The van der Waals surface area contributed by atoms with Crippen molar-refractivity contribution >= 4 is 23.1 Å². The Morgan fingerprint density at radius 3 is 2.50 bits per heavy atom. The van der Waals surface area contributed by atoms with Crippen LogP contribution in [0.2, 0.25) is 0 Å². The van der Waals surface area contributed by atoms with Crippen LogP contribution in [0.25, 0.3) is 0 Å². The molecule has 1 rings (SSSR count). The van der Waals surface area contributed by atoms with Crippen molar-refractivity contribution in [2.75, 3.05) is 7.11 Å². The molecule has 1 amide bonds. The van der Waals surface area contributed by atoms with Gasteiger partial charge < -0.3 is 15.8 Å². The van der Waals surface area contributed by atoms with Crippen LogP contribution in [0.1, 0.15) is 46.0 Å². The average Bonchev–Trinajstić information content (AvgIpc) is 2.38. The number of nitrogens with one attached hydrogen (secondary N) is 1. The summed E-state index contributed by atoms with van der Waals surface area (Å²) in [6.07, 6.45) is 4.51. The highest BCUT2D eigenvalue weighted by Crippen LogP contribution is 2.34. The Hall–Kier alpha value is -0.680. The van der Waals surface area contributed by atoms with Gasteiger partial charge in [-0.2, -0.15) is 0 Å². The van der Waals surface area contributed by atoms with Gasteiger partial charge in [0.2, 0.25) is 5.91 Å². The minimum absolute atomic E-state index is 0.139. The van der Waals surface area contributed by atoms with Gasteiger partial charge >= 0.3 is 0 Å². The van der Waals surface area contributed by atoms with E-state index < -0.39 is 11.6 Å². The molecule has 104 valence electrons. The molecule has 0 aromatic heterocycles. The standard InChI is InChI=1S/C13H24N2O2S/c1-4-10-5-7-13(8-6-10,12(14)18)15-11(16)9(2)17-3/h9-10H,4-8H2,1-3H3,(H2,14,18)(H,15,16). The van der Waals surface area contributed by atoms with E-state index in [9.17, 15) is 4.79 Å². The van der Waals surface area contributed by atoms with E-state index in [0.717, 1.165) is 31.6 Å². The fourth-order valence-corrected chi connectivity index (χ4v) is 2.71. The van der Waals surface area contributed by atoms with Crippen LogP contribution in [-0.2, 0) is 9.53 Å². The number of hydrogen-bond acceptors (Lipinski definition) is 3. The first-order chi connectivity index (χ1) is 8.45. The number of carbonyl (C=O) groups is 1. The van der Waals surface area contributed by atoms with E-state index in [-0.39, 0.29) is 5.91 Å². The minimum atomic E-state index is -0.509. The first-order valence-electron chi connectivity index (χ1n) is 6.60. The first-order valence-corrected chi connectivity index (χ1v) is 7.00. The maximum atomic E-state index is 12.0. The number of hydrogen-bond donors (Lipinski definition) is 2. The zero-order valence-electron chi connectivity index (χ0n) is 11.5. The molecule has 0 radical (unpaired) electrons. The number of amides is 1. The van der Waals surface area contributed by atoms with Gasteiger partial charge in [-0.05, 0) is 38.5 Å². The van der Waals surface area contributed by atoms with Crippen LogP contribution < -0.4 is 11.1 Å². The van der Waals surface area contributed by atoms with Gasteiger partial charge in [-0.3, -0.25) is 4.79 Å². The summed E-state index contributed by atoms with van der Waals surface area (Å²) < 4.78 is 5.02. The molecular formula is C13H24N2O2S. The number of rotatable bonds is 5. The van der Waals surface area contributed by atoms with Crippen molar-refractivity contribution in [3.05, 3.63) is 0 Å². The van der Waals surface area contributed by atoms with Gasteiger partial charge in [0.05, 0.1) is 10.5 Å². The van der Waals surface area contributed by atoms with E-state index in [1.807, 2.05) is 0 Å². The number of thiocarbonyl (C=S) groups is 1. The zero-order valence-corrected chi connectivity index (χ0v) is 12.3. The quantitative estimate of drug-likeness (QED) is 0.749. The fraction of sp³-hybridized carbons (Fsp3) is 0.846. The number of methoxy groups -OCH3 is 1. The lowest BCUT2D eigenvalue weighted by Crippen LogP contribution is -2.60. The monoisotopic (exact) mass is 272 g/mol. The van der Waals surface area contributed by atoms with Gasteiger partial charge in [0, 0.05) is 7.11 Å². The van der Waals surface area contributed by atoms with Gasteiger partial charge in [-0.25, -0.2) is 0 Å². The second-order valence-electron chi connectivity index (χ2n) is 5.17. The lowest BCUT2D eigenvalue weighted by atomic mass is 9.75. The van der Waals surface area contributed by atoms with E-state index in [4.69, 9.17) is 22.7 Å². The largest absolute Gasteiger partial charge is 0.391 e. The van der Waals surface area contributed by atoms with E-state index in [1.165, 1.54) is 13.5 Å². The number of nitrogens with two attached hydrogens (primary N) is 1. The molecule has 0 aliphatic heterocycles. The Morgan fingerprint density at radius 2 is 2.11 bits per heavy atom. The SMILES string of the molecule is CCC1CCC(NC(=O)C(C)OC)(C(N)=S)CC1. The molecule has 1 aliphatic rings.